The topological polar surface area (TPSA) is 42.7 Å². The van der Waals surface area contributed by atoms with Gasteiger partial charge in [0, 0.05) is 17.9 Å². The van der Waals surface area contributed by atoms with E-state index >= 15 is 0 Å². The molecule has 0 radical (unpaired) electrons. The van der Waals surface area contributed by atoms with Gasteiger partial charge in [-0.3, -0.25) is 0 Å². The van der Waals surface area contributed by atoms with Crippen molar-refractivity contribution in [1.82, 2.24) is 20.1 Å². The van der Waals surface area contributed by atoms with Gasteiger partial charge in [-0.05, 0) is 19.8 Å². The smallest absolute Gasteiger partial charge is 0.140 e. The summed E-state index contributed by atoms with van der Waals surface area (Å²) < 4.78 is 1.92. The lowest BCUT2D eigenvalue weighted by Gasteiger charge is -2.18. The van der Waals surface area contributed by atoms with Crippen LogP contribution in [0.25, 0.3) is 0 Å². The second-order valence-electron chi connectivity index (χ2n) is 3.79. The molecule has 0 spiro atoms. The zero-order valence-corrected chi connectivity index (χ0v) is 11.2. The van der Waals surface area contributed by atoms with Gasteiger partial charge in [0.2, 0.25) is 0 Å². The lowest BCUT2D eigenvalue weighted by Crippen LogP contribution is -2.33. The Bertz CT molecular complexity index is 287. The molecule has 5 heteroatoms. The lowest BCUT2D eigenvalue weighted by molar-refractivity contribution is 0.420. The Balaban J connectivity index is 2.43. The summed E-state index contributed by atoms with van der Waals surface area (Å²) in [6.45, 7) is 8.14. The number of aryl methyl sites for hydroxylation is 1. The molecule has 86 valence electrons. The van der Waals surface area contributed by atoms with Gasteiger partial charge in [-0.25, -0.2) is 9.67 Å². The highest BCUT2D eigenvalue weighted by Crippen LogP contribution is 2.06. The van der Waals surface area contributed by atoms with E-state index < -0.39 is 0 Å². The van der Waals surface area contributed by atoms with Gasteiger partial charge in [0.1, 0.15) is 12.2 Å². The molecule has 0 aliphatic rings. The Morgan fingerprint density at radius 3 is 2.87 bits per heavy atom. The Morgan fingerprint density at radius 2 is 2.27 bits per heavy atom. The molecule has 0 amide bonds. The van der Waals surface area contributed by atoms with Crippen LogP contribution in [-0.2, 0) is 13.1 Å². The maximum atomic E-state index is 4.22. The molecule has 0 fully saturated rings. The first-order valence-electron chi connectivity index (χ1n) is 5.35. The Labute approximate surface area is 99.6 Å². The zero-order valence-electron chi connectivity index (χ0n) is 9.57. The molecule has 1 N–H and O–H groups in total. The van der Waals surface area contributed by atoms with Crippen molar-refractivity contribution in [1.29, 1.82) is 0 Å². The summed E-state index contributed by atoms with van der Waals surface area (Å²) in [5.41, 5.74) is 0. The fourth-order valence-electron chi connectivity index (χ4n) is 1.28. The molecule has 0 saturated heterocycles. The van der Waals surface area contributed by atoms with E-state index in [4.69, 9.17) is 0 Å². The molecular formula is C10H19BrN4. The molecule has 0 aliphatic heterocycles. The van der Waals surface area contributed by atoms with Gasteiger partial charge in [-0.2, -0.15) is 5.10 Å². The quantitative estimate of drug-likeness (QED) is 0.805. The lowest BCUT2D eigenvalue weighted by atomic mass is 10.1. The first-order chi connectivity index (χ1) is 7.19. The van der Waals surface area contributed by atoms with Gasteiger partial charge in [-0.1, -0.05) is 22.9 Å². The van der Waals surface area contributed by atoms with Crippen LogP contribution in [0.5, 0.6) is 0 Å². The van der Waals surface area contributed by atoms with Crippen molar-refractivity contribution in [2.24, 2.45) is 5.92 Å². The van der Waals surface area contributed by atoms with E-state index in [2.05, 4.69) is 52.1 Å². The molecule has 1 rings (SSSR count). The third-order valence-corrected chi connectivity index (χ3v) is 3.70. The molecule has 1 aromatic rings. The molecule has 15 heavy (non-hydrogen) atoms. The maximum absolute atomic E-state index is 4.22. The summed E-state index contributed by atoms with van der Waals surface area (Å²) in [6, 6.07) is 0.478. The molecule has 1 heterocycles. The molecule has 1 aromatic heterocycles. The number of nitrogens with zero attached hydrogens (tertiary/aromatic N) is 3. The van der Waals surface area contributed by atoms with Crippen molar-refractivity contribution >= 4 is 15.9 Å². The van der Waals surface area contributed by atoms with Crippen LogP contribution in [0.3, 0.4) is 0 Å². The average molecular weight is 275 g/mol. The first kappa shape index (κ1) is 12.6. The van der Waals surface area contributed by atoms with Gasteiger partial charge in [-0.15, -0.1) is 0 Å². The van der Waals surface area contributed by atoms with Gasteiger partial charge >= 0.3 is 0 Å². The van der Waals surface area contributed by atoms with Crippen molar-refractivity contribution in [2.75, 3.05) is 5.33 Å². The van der Waals surface area contributed by atoms with E-state index in [1.165, 1.54) is 0 Å². The van der Waals surface area contributed by atoms with Crippen LogP contribution in [0.1, 0.15) is 26.6 Å². The van der Waals surface area contributed by atoms with E-state index in [0.717, 1.165) is 24.2 Å². The third kappa shape index (κ3) is 3.57. The van der Waals surface area contributed by atoms with Crippen LogP contribution in [0, 0.1) is 5.92 Å². The summed E-state index contributed by atoms with van der Waals surface area (Å²) in [7, 11) is 0. The molecule has 0 saturated carbocycles. The maximum Gasteiger partial charge on any atom is 0.140 e. The van der Waals surface area contributed by atoms with E-state index in [9.17, 15) is 0 Å². The molecule has 2 unspecified atom stereocenters. The largest absolute Gasteiger partial charge is 0.307 e. The van der Waals surface area contributed by atoms with E-state index in [1.807, 2.05) is 4.68 Å². The average Bonchev–Trinajstić information content (AvgIpc) is 2.71. The summed E-state index contributed by atoms with van der Waals surface area (Å²) in [5, 5.41) is 8.61. The fourth-order valence-corrected chi connectivity index (χ4v) is 1.84. The number of aromatic nitrogens is 3. The normalized spacial score (nSPS) is 15.2. The second kappa shape index (κ2) is 6.23. The molecule has 0 aliphatic carbocycles. The summed E-state index contributed by atoms with van der Waals surface area (Å²) in [4.78, 5) is 4.22. The van der Waals surface area contributed by atoms with Crippen molar-refractivity contribution in [3.8, 4) is 0 Å². The van der Waals surface area contributed by atoms with Crippen LogP contribution in [0.4, 0.5) is 0 Å². The van der Waals surface area contributed by atoms with Crippen LogP contribution in [-0.4, -0.2) is 26.1 Å². The summed E-state index contributed by atoms with van der Waals surface area (Å²) >= 11 is 3.49. The molecular weight excluding hydrogens is 256 g/mol. The Kier molecular flexibility index (Phi) is 5.25. The van der Waals surface area contributed by atoms with Gasteiger partial charge in [0.25, 0.3) is 0 Å². The van der Waals surface area contributed by atoms with Gasteiger partial charge in [0.15, 0.2) is 0 Å². The number of halogens is 1. The first-order valence-corrected chi connectivity index (χ1v) is 6.47. The van der Waals surface area contributed by atoms with Gasteiger partial charge < -0.3 is 5.32 Å². The Morgan fingerprint density at radius 1 is 1.53 bits per heavy atom. The number of alkyl halides is 1. The predicted molar refractivity (Wildman–Crippen MR) is 65.0 cm³/mol. The second-order valence-corrected chi connectivity index (χ2v) is 4.44. The minimum Gasteiger partial charge on any atom is -0.307 e. The van der Waals surface area contributed by atoms with Crippen molar-refractivity contribution in [2.45, 2.75) is 39.9 Å². The molecule has 0 aromatic carbocycles. The molecule has 4 nitrogen and oxygen atoms in total. The van der Waals surface area contributed by atoms with Gasteiger partial charge in [0.05, 0.1) is 6.54 Å². The number of rotatable bonds is 6. The van der Waals surface area contributed by atoms with Crippen LogP contribution < -0.4 is 5.32 Å². The zero-order chi connectivity index (χ0) is 11.3. The van der Waals surface area contributed by atoms with E-state index in [0.29, 0.717) is 12.0 Å². The minimum atomic E-state index is 0.478. The number of hydrogen-bond donors (Lipinski definition) is 1. The van der Waals surface area contributed by atoms with Crippen molar-refractivity contribution < 1.29 is 0 Å². The monoisotopic (exact) mass is 274 g/mol. The van der Waals surface area contributed by atoms with Crippen molar-refractivity contribution in [3.63, 3.8) is 0 Å². The summed E-state index contributed by atoms with van der Waals surface area (Å²) in [6.07, 6.45) is 1.61. The fraction of sp³-hybridized carbons (Fsp3) is 0.800. The van der Waals surface area contributed by atoms with Crippen LogP contribution in [0.2, 0.25) is 0 Å². The van der Waals surface area contributed by atoms with Crippen LogP contribution >= 0.6 is 15.9 Å². The SMILES string of the molecule is CCn1ncnc1CNC(C)C(C)CBr. The number of nitrogens with one attached hydrogen (secondary N) is 1. The molecule has 0 bridgehead atoms. The predicted octanol–water partition coefficient (Wildman–Crippen LogP) is 1.81. The van der Waals surface area contributed by atoms with E-state index in [-0.39, 0.29) is 0 Å². The highest BCUT2D eigenvalue weighted by atomic mass is 79.9. The van der Waals surface area contributed by atoms with Crippen LogP contribution in [0.15, 0.2) is 6.33 Å². The number of hydrogen-bond acceptors (Lipinski definition) is 3. The minimum absolute atomic E-state index is 0.478. The standard InChI is InChI=1S/C10H19BrN4/c1-4-15-10(13-7-14-15)6-12-9(3)8(2)5-11/h7-9,12H,4-6H2,1-3H3. The third-order valence-electron chi connectivity index (χ3n) is 2.67. The molecule has 2 atom stereocenters. The summed E-state index contributed by atoms with van der Waals surface area (Å²) in [5.74, 6) is 1.62. The highest BCUT2D eigenvalue weighted by Gasteiger charge is 2.11. The van der Waals surface area contributed by atoms with Crippen molar-refractivity contribution in [3.05, 3.63) is 12.2 Å². The van der Waals surface area contributed by atoms with E-state index in [1.54, 1.807) is 6.33 Å². The Hall–Kier alpha value is -0.420. The highest BCUT2D eigenvalue weighted by molar-refractivity contribution is 9.09.